The van der Waals surface area contributed by atoms with Crippen LogP contribution in [0.5, 0.6) is 0 Å². The maximum atomic E-state index is 4.73. The molecule has 2 nitrogen and oxygen atoms in total. The van der Waals surface area contributed by atoms with Gasteiger partial charge in [-0.15, -0.1) is 11.3 Å². The van der Waals surface area contributed by atoms with Gasteiger partial charge in [-0.1, -0.05) is 6.92 Å². The van der Waals surface area contributed by atoms with Gasteiger partial charge in [0.25, 0.3) is 0 Å². The molecule has 84 valence electrons. The number of hydrogen-bond acceptors (Lipinski definition) is 4. The fourth-order valence-corrected chi connectivity index (χ4v) is 4.85. The number of nitrogens with zero attached hydrogens (tertiary/aromatic N) is 1. The predicted octanol–water partition coefficient (Wildman–Crippen LogP) is 2.70. The third kappa shape index (κ3) is 1.73. The van der Waals surface area contributed by atoms with Crippen molar-refractivity contribution in [3.8, 4) is 0 Å². The quantitative estimate of drug-likeness (QED) is 0.863. The lowest BCUT2D eigenvalue weighted by molar-refractivity contribution is 0.361. The zero-order valence-electron chi connectivity index (χ0n) is 9.76. The lowest BCUT2D eigenvalue weighted by Crippen LogP contribution is -2.44. The first-order valence-electron chi connectivity index (χ1n) is 5.35. The fraction of sp³-hybridized carbons (Fsp3) is 0.727. The minimum absolute atomic E-state index is 0.119. The van der Waals surface area contributed by atoms with Crippen molar-refractivity contribution in [1.29, 1.82) is 0 Å². The van der Waals surface area contributed by atoms with E-state index in [1.165, 1.54) is 27.8 Å². The van der Waals surface area contributed by atoms with Crippen LogP contribution in [0.4, 0.5) is 0 Å². The summed E-state index contributed by atoms with van der Waals surface area (Å²) in [7, 11) is 2.06. The highest BCUT2D eigenvalue weighted by Gasteiger charge is 2.43. The van der Waals surface area contributed by atoms with Crippen LogP contribution in [0.3, 0.4) is 0 Å². The summed E-state index contributed by atoms with van der Waals surface area (Å²) < 4.78 is 0. The molecule has 0 bridgehead atoms. The largest absolute Gasteiger partial charge is 0.308 e. The summed E-state index contributed by atoms with van der Waals surface area (Å²) in [5.41, 5.74) is 1.31. The Kier molecular flexibility index (Phi) is 3.10. The van der Waals surface area contributed by atoms with Gasteiger partial charge in [0.1, 0.15) is 5.01 Å². The van der Waals surface area contributed by atoms with Gasteiger partial charge in [-0.2, -0.15) is 11.8 Å². The standard InChI is InChI=1S/C11H18N2S2/c1-7-8(2)15-10(13-7)11(12-4)5-6-14-9(11)3/h9,12H,5-6H2,1-4H3. The molecule has 0 saturated carbocycles. The summed E-state index contributed by atoms with van der Waals surface area (Å²) in [5, 5.41) is 5.40. The van der Waals surface area contributed by atoms with E-state index in [9.17, 15) is 0 Å². The molecule has 1 fully saturated rings. The van der Waals surface area contributed by atoms with E-state index in [1.54, 1.807) is 0 Å². The molecule has 0 radical (unpaired) electrons. The van der Waals surface area contributed by atoms with Crippen molar-refractivity contribution >= 4 is 23.1 Å². The molecule has 1 aromatic heterocycles. The van der Waals surface area contributed by atoms with Crippen LogP contribution in [0.15, 0.2) is 0 Å². The number of nitrogens with one attached hydrogen (secondary N) is 1. The first-order chi connectivity index (χ1) is 7.10. The van der Waals surface area contributed by atoms with Gasteiger partial charge in [0.15, 0.2) is 0 Å². The van der Waals surface area contributed by atoms with Crippen molar-refractivity contribution in [2.24, 2.45) is 0 Å². The second-order valence-electron chi connectivity index (χ2n) is 4.14. The van der Waals surface area contributed by atoms with E-state index in [-0.39, 0.29) is 5.54 Å². The van der Waals surface area contributed by atoms with E-state index in [4.69, 9.17) is 4.98 Å². The van der Waals surface area contributed by atoms with Crippen LogP contribution < -0.4 is 5.32 Å². The summed E-state index contributed by atoms with van der Waals surface area (Å²) in [6.45, 7) is 6.57. The average molecular weight is 242 g/mol. The highest BCUT2D eigenvalue weighted by atomic mass is 32.2. The van der Waals surface area contributed by atoms with Crippen LogP contribution >= 0.6 is 23.1 Å². The van der Waals surface area contributed by atoms with Crippen LogP contribution in [0.1, 0.15) is 28.9 Å². The Hall–Kier alpha value is -0.0600. The van der Waals surface area contributed by atoms with E-state index < -0.39 is 0 Å². The van der Waals surface area contributed by atoms with Gasteiger partial charge in [0, 0.05) is 10.1 Å². The third-order valence-electron chi connectivity index (χ3n) is 3.41. The molecule has 0 aliphatic carbocycles. The van der Waals surface area contributed by atoms with Gasteiger partial charge in [-0.3, -0.25) is 0 Å². The van der Waals surface area contributed by atoms with Crippen LogP contribution in [0.25, 0.3) is 0 Å². The smallest absolute Gasteiger partial charge is 0.114 e. The molecule has 2 heterocycles. The molecule has 1 aliphatic heterocycles. The molecule has 4 heteroatoms. The van der Waals surface area contributed by atoms with Crippen LogP contribution in [0.2, 0.25) is 0 Å². The highest BCUT2D eigenvalue weighted by Crippen LogP contribution is 2.44. The lowest BCUT2D eigenvalue weighted by Gasteiger charge is -2.30. The minimum Gasteiger partial charge on any atom is -0.308 e. The average Bonchev–Trinajstić information content (AvgIpc) is 2.73. The number of thiazole rings is 1. The van der Waals surface area contributed by atoms with E-state index >= 15 is 0 Å². The Bertz CT molecular complexity index is 342. The molecular weight excluding hydrogens is 224 g/mol. The summed E-state index contributed by atoms with van der Waals surface area (Å²) >= 11 is 3.89. The number of rotatable bonds is 2. The van der Waals surface area contributed by atoms with Crippen molar-refractivity contribution < 1.29 is 0 Å². The van der Waals surface area contributed by atoms with Gasteiger partial charge < -0.3 is 5.32 Å². The van der Waals surface area contributed by atoms with Gasteiger partial charge >= 0.3 is 0 Å². The normalized spacial score (nSPS) is 31.1. The molecule has 1 saturated heterocycles. The molecular formula is C11H18N2S2. The fourth-order valence-electron chi connectivity index (χ4n) is 2.12. The Labute approximate surface area is 99.9 Å². The first kappa shape index (κ1) is 11.4. The number of aromatic nitrogens is 1. The number of aryl methyl sites for hydroxylation is 2. The summed E-state index contributed by atoms with van der Waals surface area (Å²) in [6, 6.07) is 0. The monoisotopic (exact) mass is 242 g/mol. The number of hydrogen-bond donors (Lipinski definition) is 1. The zero-order valence-corrected chi connectivity index (χ0v) is 11.4. The van der Waals surface area contributed by atoms with Crippen LogP contribution in [-0.2, 0) is 5.54 Å². The van der Waals surface area contributed by atoms with E-state index in [0.717, 1.165) is 0 Å². The topological polar surface area (TPSA) is 24.9 Å². The maximum absolute atomic E-state index is 4.73. The van der Waals surface area contributed by atoms with E-state index in [1.807, 2.05) is 23.1 Å². The molecule has 1 aromatic rings. The molecule has 1 N–H and O–H groups in total. The van der Waals surface area contributed by atoms with Crippen LogP contribution in [0, 0.1) is 13.8 Å². The number of thioether (sulfide) groups is 1. The maximum Gasteiger partial charge on any atom is 0.114 e. The van der Waals surface area contributed by atoms with Crippen molar-refractivity contribution in [3.05, 3.63) is 15.6 Å². The molecule has 2 atom stereocenters. The second-order valence-corrected chi connectivity index (χ2v) is 6.80. The molecule has 0 spiro atoms. The molecule has 15 heavy (non-hydrogen) atoms. The van der Waals surface area contributed by atoms with E-state index in [0.29, 0.717) is 5.25 Å². The van der Waals surface area contributed by atoms with Gasteiger partial charge in [-0.25, -0.2) is 4.98 Å². The Morgan fingerprint density at radius 3 is 2.60 bits per heavy atom. The zero-order chi connectivity index (χ0) is 11.1. The second kappa shape index (κ2) is 4.07. The van der Waals surface area contributed by atoms with Crippen molar-refractivity contribution in [2.45, 2.75) is 38.0 Å². The minimum atomic E-state index is 0.119. The molecule has 0 aromatic carbocycles. The highest BCUT2D eigenvalue weighted by molar-refractivity contribution is 8.00. The van der Waals surface area contributed by atoms with Crippen molar-refractivity contribution in [3.63, 3.8) is 0 Å². The van der Waals surface area contributed by atoms with Crippen molar-refractivity contribution in [1.82, 2.24) is 10.3 Å². The Balaban J connectivity index is 2.41. The Morgan fingerprint density at radius 2 is 2.20 bits per heavy atom. The van der Waals surface area contributed by atoms with Gasteiger partial charge in [0.05, 0.1) is 11.2 Å². The predicted molar refractivity (Wildman–Crippen MR) is 68.9 cm³/mol. The Morgan fingerprint density at radius 1 is 1.47 bits per heavy atom. The van der Waals surface area contributed by atoms with Gasteiger partial charge in [0.2, 0.25) is 0 Å². The summed E-state index contributed by atoms with van der Waals surface area (Å²) in [4.78, 5) is 6.08. The molecule has 0 amide bonds. The van der Waals surface area contributed by atoms with E-state index in [2.05, 4.69) is 33.1 Å². The third-order valence-corrected chi connectivity index (χ3v) is 6.01. The summed E-state index contributed by atoms with van der Waals surface area (Å²) in [6.07, 6.45) is 1.20. The molecule has 2 unspecified atom stereocenters. The first-order valence-corrected chi connectivity index (χ1v) is 7.21. The summed E-state index contributed by atoms with van der Waals surface area (Å²) in [5.74, 6) is 1.24. The molecule has 2 rings (SSSR count). The lowest BCUT2D eigenvalue weighted by atomic mass is 9.94. The SMILES string of the molecule is CNC1(c2nc(C)c(C)s2)CCSC1C. The van der Waals surface area contributed by atoms with Gasteiger partial charge in [-0.05, 0) is 33.1 Å². The molecule has 1 aliphatic rings. The van der Waals surface area contributed by atoms with Crippen molar-refractivity contribution in [2.75, 3.05) is 12.8 Å². The van der Waals surface area contributed by atoms with Crippen LogP contribution in [-0.4, -0.2) is 23.0 Å².